The molecule has 0 aliphatic rings. The summed E-state index contributed by atoms with van der Waals surface area (Å²) in [5, 5.41) is 13.3. The van der Waals surface area contributed by atoms with Crippen LogP contribution in [-0.2, 0) is 0 Å². The summed E-state index contributed by atoms with van der Waals surface area (Å²) in [5.74, 6) is 0. The van der Waals surface area contributed by atoms with Gasteiger partial charge in [0.25, 0.3) is 0 Å². The minimum atomic E-state index is -0.489. The van der Waals surface area contributed by atoms with Gasteiger partial charge in [0, 0.05) is 18.8 Å². The first-order valence-corrected chi connectivity index (χ1v) is 6.14. The molecule has 0 aliphatic heterocycles. The molecule has 0 amide bonds. The molecule has 18 heavy (non-hydrogen) atoms. The van der Waals surface area contributed by atoms with E-state index in [0.717, 1.165) is 11.3 Å². The third-order valence-corrected chi connectivity index (χ3v) is 2.93. The Morgan fingerprint density at radius 3 is 2.50 bits per heavy atom. The van der Waals surface area contributed by atoms with Gasteiger partial charge in [-0.1, -0.05) is 36.4 Å². The lowest BCUT2D eigenvalue weighted by atomic mass is 10.1. The number of hydrogen-bond donors (Lipinski definition) is 2. The minimum absolute atomic E-state index is 0.129. The van der Waals surface area contributed by atoms with Crippen LogP contribution in [0, 0.1) is 0 Å². The molecule has 3 nitrogen and oxygen atoms in total. The average Bonchev–Trinajstić information content (AvgIpc) is 2.46. The molecule has 0 saturated heterocycles. The standard InChI is InChI=1S/C15H18N2O/c1-12(14-9-5-6-10-16-14)17-11-15(18)13-7-3-2-4-8-13/h2-10,12,15,17-18H,11H2,1H3/t12-,15?/m0/s1. The van der Waals surface area contributed by atoms with Gasteiger partial charge in [-0.25, -0.2) is 0 Å². The van der Waals surface area contributed by atoms with Gasteiger partial charge in [-0.15, -0.1) is 0 Å². The molecule has 1 heterocycles. The second-order valence-corrected chi connectivity index (χ2v) is 4.31. The van der Waals surface area contributed by atoms with E-state index in [9.17, 15) is 5.11 Å². The number of aliphatic hydroxyl groups is 1. The van der Waals surface area contributed by atoms with Crippen molar-refractivity contribution in [2.75, 3.05) is 6.54 Å². The third kappa shape index (κ3) is 3.39. The van der Waals surface area contributed by atoms with Gasteiger partial charge >= 0.3 is 0 Å². The van der Waals surface area contributed by atoms with Crippen molar-refractivity contribution in [2.24, 2.45) is 0 Å². The van der Waals surface area contributed by atoms with E-state index >= 15 is 0 Å². The van der Waals surface area contributed by atoms with Crippen molar-refractivity contribution >= 4 is 0 Å². The Morgan fingerprint density at radius 1 is 1.11 bits per heavy atom. The Hall–Kier alpha value is -1.71. The Bertz CT molecular complexity index is 413. The molecule has 2 N–H and O–H groups in total. The van der Waals surface area contributed by atoms with Crippen molar-refractivity contribution in [3.63, 3.8) is 0 Å². The second-order valence-electron chi connectivity index (χ2n) is 4.31. The van der Waals surface area contributed by atoms with Crippen LogP contribution in [0.15, 0.2) is 54.7 Å². The van der Waals surface area contributed by atoms with E-state index in [1.54, 1.807) is 6.20 Å². The summed E-state index contributed by atoms with van der Waals surface area (Å²) >= 11 is 0. The summed E-state index contributed by atoms with van der Waals surface area (Å²) in [6.45, 7) is 2.56. The lowest BCUT2D eigenvalue weighted by Gasteiger charge is -2.17. The molecule has 2 atom stereocenters. The number of pyridine rings is 1. The van der Waals surface area contributed by atoms with Crippen molar-refractivity contribution < 1.29 is 5.11 Å². The van der Waals surface area contributed by atoms with E-state index in [1.165, 1.54) is 0 Å². The van der Waals surface area contributed by atoms with Crippen LogP contribution >= 0.6 is 0 Å². The molecule has 2 aromatic rings. The van der Waals surface area contributed by atoms with Gasteiger partial charge in [-0.3, -0.25) is 4.98 Å². The van der Waals surface area contributed by atoms with Gasteiger partial charge < -0.3 is 10.4 Å². The first-order valence-electron chi connectivity index (χ1n) is 6.14. The van der Waals surface area contributed by atoms with E-state index in [4.69, 9.17) is 0 Å². The highest BCUT2D eigenvalue weighted by molar-refractivity contribution is 5.17. The third-order valence-electron chi connectivity index (χ3n) is 2.93. The predicted octanol–water partition coefficient (Wildman–Crippen LogP) is 2.47. The Morgan fingerprint density at radius 2 is 1.83 bits per heavy atom. The monoisotopic (exact) mass is 242 g/mol. The summed E-state index contributed by atoms with van der Waals surface area (Å²) in [7, 11) is 0. The fraction of sp³-hybridized carbons (Fsp3) is 0.267. The minimum Gasteiger partial charge on any atom is -0.387 e. The molecule has 0 saturated carbocycles. The second kappa shape index (κ2) is 6.28. The van der Waals surface area contributed by atoms with Gasteiger partial charge in [0.05, 0.1) is 11.8 Å². The highest BCUT2D eigenvalue weighted by atomic mass is 16.3. The molecular formula is C15H18N2O. The molecule has 0 bridgehead atoms. The van der Waals surface area contributed by atoms with Crippen molar-refractivity contribution in [1.29, 1.82) is 0 Å². The normalized spacial score (nSPS) is 14.1. The lowest BCUT2D eigenvalue weighted by Crippen LogP contribution is -2.25. The molecule has 0 radical (unpaired) electrons. The first-order chi connectivity index (χ1) is 8.77. The van der Waals surface area contributed by atoms with Crippen molar-refractivity contribution in [1.82, 2.24) is 10.3 Å². The van der Waals surface area contributed by atoms with Gasteiger partial charge in [-0.2, -0.15) is 0 Å². The van der Waals surface area contributed by atoms with Gasteiger partial charge in [0.2, 0.25) is 0 Å². The van der Waals surface area contributed by atoms with Gasteiger partial charge in [0.15, 0.2) is 0 Å². The molecule has 0 spiro atoms. The number of nitrogens with one attached hydrogen (secondary N) is 1. The number of rotatable bonds is 5. The quantitative estimate of drug-likeness (QED) is 0.846. The zero-order chi connectivity index (χ0) is 12.8. The predicted molar refractivity (Wildman–Crippen MR) is 72.1 cm³/mol. The van der Waals surface area contributed by atoms with Crippen LogP contribution in [0.5, 0.6) is 0 Å². The molecule has 1 unspecified atom stereocenters. The number of aromatic nitrogens is 1. The van der Waals surface area contributed by atoms with E-state index in [2.05, 4.69) is 10.3 Å². The number of nitrogens with zero attached hydrogens (tertiary/aromatic N) is 1. The largest absolute Gasteiger partial charge is 0.387 e. The molecule has 1 aromatic heterocycles. The van der Waals surface area contributed by atoms with Crippen LogP contribution in [-0.4, -0.2) is 16.6 Å². The van der Waals surface area contributed by atoms with E-state index in [0.29, 0.717) is 6.54 Å². The summed E-state index contributed by atoms with van der Waals surface area (Å²) in [4.78, 5) is 4.29. The molecular weight excluding hydrogens is 224 g/mol. The maximum absolute atomic E-state index is 10.0. The average molecular weight is 242 g/mol. The first kappa shape index (κ1) is 12.7. The van der Waals surface area contributed by atoms with E-state index < -0.39 is 6.10 Å². The molecule has 3 heteroatoms. The summed E-state index contributed by atoms with van der Waals surface area (Å²) < 4.78 is 0. The summed E-state index contributed by atoms with van der Waals surface area (Å²) in [5.41, 5.74) is 1.91. The van der Waals surface area contributed by atoms with Crippen LogP contribution in [0.1, 0.15) is 30.3 Å². The summed E-state index contributed by atoms with van der Waals surface area (Å²) in [6.07, 6.45) is 1.29. The SMILES string of the molecule is C[C@H](NCC(O)c1ccccc1)c1ccccn1. The Kier molecular flexibility index (Phi) is 4.45. The zero-order valence-electron chi connectivity index (χ0n) is 10.5. The van der Waals surface area contributed by atoms with E-state index in [1.807, 2.05) is 55.5 Å². The summed E-state index contributed by atoms with van der Waals surface area (Å²) in [6, 6.07) is 15.6. The van der Waals surface area contributed by atoms with Crippen LogP contribution in [0.2, 0.25) is 0 Å². The smallest absolute Gasteiger partial charge is 0.0914 e. The van der Waals surface area contributed by atoms with Crippen molar-refractivity contribution in [2.45, 2.75) is 19.1 Å². The highest BCUT2D eigenvalue weighted by Crippen LogP contribution is 2.13. The van der Waals surface area contributed by atoms with Crippen LogP contribution in [0.3, 0.4) is 0 Å². The number of benzene rings is 1. The Balaban J connectivity index is 1.89. The van der Waals surface area contributed by atoms with Crippen molar-refractivity contribution in [3.05, 3.63) is 66.0 Å². The van der Waals surface area contributed by atoms with Crippen molar-refractivity contribution in [3.8, 4) is 0 Å². The lowest BCUT2D eigenvalue weighted by molar-refractivity contribution is 0.170. The molecule has 94 valence electrons. The molecule has 2 rings (SSSR count). The van der Waals surface area contributed by atoms with Gasteiger partial charge in [-0.05, 0) is 24.6 Å². The maximum atomic E-state index is 10.0. The number of hydrogen-bond acceptors (Lipinski definition) is 3. The molecule has 1 aromatic carbocycles. The fourth-order valence-electron chi connectivity index (χ4n) is 1.82. The van der Waals surface area contributed by atoms with Crippen LogP contribution in [0.4, 0.5) is 0 Å². The Labute approximate surface area is 108 Å². The molecule has 0 aliphatic carbocycles. The number of aliphatic hydroxyl groups excluding tert-OH is 1. The molecule has 0 fully saturated rings. The zero-order valence-corrected chi connectivity index (χ0v) is 10.5. The fourth-order valence-corrected chi connectivity index (χ4v) is 1.82. The highest BCUT2D eigenvalue weighted by Gasteiger charge is 2.10. The topological polar surface area (TPSA) is 45.1 Å². The van der Waals surface area contributed by atoms with Crippen LogP contribution < -0.4 is 5.32 Å². The van der Waals surface area contributed by atoms with Gasteiger partial charge in [0.1, 0.15) is 0 Å². The maximum Gasteiger partial charge on any atom is 0.0914 e. The van der Waals surface area contributed by atoms with E-state index in [-0.39, 0.29) is 6.04 Å². The van der Waals surface area contributed by atoms with Crippen LogP contribution in [0.25, 0.3) is 0 Å².